The van der Waals surface area contributed by atoms with E-state index in [2.05, 4.69) is 25.8 Å². The number of anilines is 3. The predicted molar refractivity (Wildman–Crippen MR) is 129 cm³/mol. The quantitative estimate of drug-likeness (QED) is 0.514. The first kappa shape index (κ1) is 22.5. The minimum absolute atomic E-state index is 0.126. The van der Waals surface area contributed by atoms with Gasteiger partial charge in [0.1, 0.15) is 5.82 Å². The second kappa shape index (κ2) is 9.86. The third-order valence-corrected chi connectivity index (χ3v) is 5.67. The van der Waals surface area contributed by atoms with E-state index in [0.717, 1.165) is 60.6 Å². The molecule has 0 bridgehead atoms. The molecule has 3 aromatic rings. The van der Waals surface area contributed by atoms with Gasteiger partial charge in [-0.3, -0.25) is 9.59 Å². The van der Waals surface area contributed by atoms with Gasteiger partial charge in [0, 0.05) is 56.6 Å². The largest absolute Gasteiger partial charge is 0.478 e. The van der Waals surface area contributed by atoms with Crippen LogP contribution in [0.15, 0.2) is 35.3 Å². The van der Waals surface area contributed by atoms with E-state index in [1.807, 2.05) is 31.3 Å². The van der Waals surface area contributed by atoms with E-state index >= 15 is 0 Å². The number of hydrogen-bond donors (Lipinski definition) is 3. The van der Waals surface area contributed by atoms with Gasteiger partial charge in [-0.2, -0.15) is 4.98 Å². The highest BCUT2D eigenvalue weighted by molar-refractivity contribution is 5.85. The molecule has 1 aliphatic heterocycles. The molecule has 33 heavy (non-hydrogen) atoms. The van der Waals surface area contributed by atoms with Crippen molar-refractivity contribution in [1.82, 2.24) is 25.2 Å². The van der Waals surface area contributed by atoms with Gasteiger partial charge in [0.05, 0.1) is 5.52 Å². The molecule has 0 radical (unpaired) electrons. The number of hydrogen-bond acceptors (Lipinski definition) is 8. The topological polar surface area (TPSA) is 113 Å². The van der Waals surface area contributed by atoms with E-state index in [9.17, 15) is 9.59 Å². The number of likely N-dealkylation sites (N-methyl/N-ethyl adjacent to an activating group) is 1. The molecule has 10 heteroatoms. The van der Waals surface area contributed by atoms with Crippen LogP contribution in [0.5, 0.6) is 5.75 Å². The number of aromatic nitrogens is 3. The molecule has 0 aliphatic carbocycles. The summed E-state index contributed by atoms with van der Waals surface area (Å²) in [5.74, 6) is 1.26. The molecule has 4 rings (SSSR count). The molecule has 1 saturated heterocycles. The number of amides is 1. The molecule has 1 aromatic carbocycles. The predicted octanol–water partition coefficient (Wildman–Crippen LogP) is 1.31. The summed E-state index contributed by atoms with van der Waals surface area (Å²) in [6.45, 7) is 5.44. The minimum Gasteiger partial charge on any atom is -0.478 e. The Morgan fingerprint density at radius 2 is 2.09 bits per heavy atom. The summed E-state index contributed by atoms with van der Waals surface area (Å²) in [7, 11) is 3.20. The van der Waals surface area contributed by atoms with E-state index in [4.69, 9.17) is 9.72 Å². The van der Waals surface area contributed by atoms with Gasteiger partial charge in [0.15, 0.2) is 12.4 Å². The van der Waals surface area contributed by atoms with Crippen LogP contribution in [0.4, 0.5) is 17.5 Å². The lowest BCUT2D eigenvalue weighted by Gasteiger charge is -2.21. The average Bonchev–Trinajstić information content (AvgIpc) is 3.11. The van der Waals surface area contributed by atoms with Gasteiger partial charge in [0.25, 0.3) is 11.5 Å². The number of carbonyl (C=O) groups excluding carboxylic acids is 1. The van der Waals surface area contributed by atoms with E-state index in [1.165, 1.54) is 11.6 Å². The van der Waals surface area contributed by atoms with Gasteiger partial charge in [-0.05, 0) is 44.2 Å². The molecule has 1 fully saturated rings. The molecule has 174 valence electrons. The summed E-state index contributed by atoms with van der Waals surface area (Å²) in [6.07, 6.45) is 2.88. The highest BCUT2D eigenvalue weighted by atomic mass is 16.5. The number of aryl methyl sites for hydroxylation is 2. The van der Waals surface area contributed by atoms with Crippen LogP contribution in [0.2, 0.25) is 0 Å². The molecule has 3 N–H and O–H groups in total. The Morgan fingerprint density at radius 1 is 1.24 bits per heavy atom. The van der Waals surface area contributed by atoms with E-state index in [0.29, 0.717) is 5.95 Å². The molecular formula is C23H29N7O3. The Bertz CT molecular complexity index is 1220. The van der Waals surface area contributed by atoms with Crippen LogP contribution >= 0.6 is 0 Å². The summed E-state index contributed by atoms with van der Waals surface area (Å²) in [4.78, 5) is 35.6. The first-order chi connectivity index (χ1) is 16.0. The van der Waals surface area contributed by atoms with Crippen LogP contribution in [-0.4, -0.2) is 60.3 Å². The molecule has 3 heterocycles. The molecule has 0 saturated carbocycles. The molecule has 0 unspecified atom stereocenters. The van der Waals surface area contributed by atoms with Crippen LogP contribution in [0.1, 0.15) is 12.0 Å². The van der Waals surface area contributed by atoms with E-state index < -0.39 is 0 Å². The van der Waals surface area contributed by atoms with Crippen molar-refractivity contribution in [2.45, 2.75) is 13.3 Å². The van der Waals surface area contributed by atoms with Crippen LogP contribution in [0.3, 0.4) is 0 Å². The molecular weight excluding hydrogens is 422 g/mol. The first-order valence-corrected chi connectivity index (χ1v) is 11.0. The Labute approximate surface area is 192 Å². The fourth-order valence-corrected chi connectivity index (χ4v) is 3.74. The molecule has 10 nitrogen and oxygen atoms in total. The molecule has 2 aromatic heterocycles. The van der Waals surface area contributed by atoms with Gasteiger partial charge in [0.2, 0.25) is 5.95 Å². The summed E-state index contributed by atoms with van der Waals surface area (Å²) >= 11 is 0. The number of pyridine rings is 1. The zero-order chi connectivity index (χ0) is 23.4. The SMILES string of the molecule is CNC(=O)COc1cc2cc(Nc3nc(N4CCCNCC4)ncc3C)ccc2n(C)c1=O. The van der Waals surface area contributed by atoms with Crippen LogP contribution in [-0.2, 0) is 11.8 Å². The highest BCUT2D eigenvalue weighted by Gasteiger charge is 2.15. The standard InChI is InChI=1S/C23H29N7O3/c1-15-13-26-23(30-9-4-7-25-8-10-30)28-21(15)27-17-5-6-18-16(11-17)12-19(22(32)29(18)3)33-14-20(31)24-2/h5-6,11-13,25H,4,7-10,14H2,1-3H3,(H,24,31)(H,26,27,28). The second-order valence-corrected chi connectivity index (χ2v) is 8.03. The van der Waals surface area contributed by atoms with Crippen molar-refractivity contribution < 1.29 is 9.53 Å². The van der Waals surface area contributed by atoms with Crippen molar-refractivity contribution in [3.05, 3.63) is 46.4 Å². The lowest BCUT2D eigenvalue weighted by molar-refractivity contribution is -0.122. The number of benzene rings is 1. The van der Waals surface area contributed by atoms with Crippen molar-refractivity contribution in [3.63, 3.8) is 0 Å². The third-order valence-electron chi connectivity index (χ3n) is 5.67. The van der Waals surface area contributed by atoms with Crippen LogP contribution < -0.4 is 31.1 Å². The highest BCUT2D eigenvalue weighted by Crippen LogP contribution is 2.25. The van der Waals surface area contributed by atoms with Gasteiger partial charge in [-0.25, -0.2) is 4.98 Å². The Kier molecular flexibility index (Phi) is 6.74. The number of fused-ring (bicyclic) bond motifs is 1. The maximum absolute atomic E-state index is 12.6. The average molecular weight is 452 g/mol. The summed E-state index contributed by atoms with van der Waals surface area (Å²) in [5.41, 5.74) is 2.22. The lowest BCUT2D eigenvalue weighted by Crippen LogP contribution is -2.29. The minimum atomic E-state index is -0.303. The Balaban J connectivity index is 1.62. The number of ether oxygens (including phenoxy) is 1. The number of nitrogens with one attached hydrogen (secondary N) is 3. The lowest BCUT2D eigenvalue weighted by atomic mass is 10.2. The van der Waals surface area contributed by atoms with Crippen molar-refractivity contribution in [1.29, 1.82) is 0 Å². The molecule has 1 aliphatic rings. The van der Waals surface area contributed by atoms with Crippen molar-refractivity contribution in [2.24, 2.45) is 7.05 Å². The molecule has 0 spiro atoms. The van der Waals surface area contributed by atoms with Gasteiger partial charge < -0.3 is 30.2 Å². The van der Waals surface area contributed by atoms with Crippen molar-refractivity contribution >= 4 is 34.3 Å². The van der Waals surface area contributed by atoms with E-state index in [1.54, 1.807) is 13.1 Å². The fraction of sp³-hybridized carbons (Fsp3) is 0.391. The number of carbonyl (C=O) groups is 1. The van der Waals surface area contributed by atoms with Gasteiger partial charge >= 0.3 is 0 Å². The third kappa shape index (κ3) is 5.06. The smallest absolute Gasteiger partial charge is 0.293 e. The monoisotopic (exact) mass is 451 g/mol. The normalized spacial score (nSPS) is 14.1. The van der Waals surface area contributed by atoms with E-state index in [-0.39, 0.29) is 23.8 Å². The zero-order valence-electron chi connectivity index (χ0n) is 19.1. The maximum Gasteiger partial charge on any atom is 0.293 e. The van der Waals surface area contributed by atoms with Crippen molar-refractivity contribution in [2.75, 3.05) is 50.1 Å². The summed E-state index contributed by atoms with van der Waals surface area (Å²) < 4.78 is 6.97. The first-order valence-electron chi connectivity index (χ1n) is 11.0. The van der Waals surface area contributed by atoms with Gasteiger partial charge in [-0.15, -0.1) is 0 Å². The fourth-order valence-electron chi connectivity index (χ4n) is 3.74. The number of nitrogens with zero attached hydrogens (tertiary/aromatic N) is 4. The van der Waals surface area contributed by atoms with Crippen LogP contribution in [0, 0.1) is 6.92 Å². The van der Waals surface area contributed by atoms with Gasteiger partial charge in [-0.1, -0.05) is 0 Å². The number of rotatable bonds is 6. The maximum atomic E-state index is 12.6. The van der Waals surface area contributed by atoms with Crippen molar-refractivity contribution in [3.8, 4) is 5.75 Å². The molecule has 0 atom stereocenters. The Hall–Kier alpha value is -3.66. The van der Waals surface area contributed by atoms with Crippen LogP contribution in [0.25, 0.3) is 10.9 Å². The zero-order valence-corrected chi connectivity index (χ0v) is 19.1. The Morgan fingerprint density at radius 3 is 2.91 bits per heavy atom. The molecule has 1 amide bonds. The summed E-state index contributed by atoms with van der Waals surface area (Å²) in [5, 5.41) is 10.1. The summed E-state index contributed by atoms with van der Waals surface area (Å²) in [6, 6.07) is 7.37. The second-order valence-electron chi connectivity index (χ2n) is 8.03.